The highest BCUT2D eigenvalue weighted by Gasteiger charge is 1.89. The number of thioether (sulfide) groups is 1. The van der Waals surface area contributed by atoms with Gasteiger partial charge in [-0.2, -0.15) is 0 Å². The SMILES string of the molecule is C[C@@H](O)C=CSCc1ccccc1. The summed E-state index contributed by atoms with van der Waals surface area (Å²) in [5, 5.41) is 10.9. The number of rotatable bonds is 4. The van der Waals surface area contributed by atoms with Crippen LogP contribution in [0.1, 0.15) is 12.5 Å². The van der Waals surface area contributed by atoms with E-state index in [1.165, 1.54) is 5.56 Å². The maximum Gasteiger partial charge on any atom is 0.0700 e. The van der Waals surface area contributed by atoms with Crippen molar-refractivity contribution >= 4 is 11.8 Å². The van der Waals surface area contributed by atoms with E-state index in [-0.39, 0.29) is 6.10 Å². The number of hydrogen-bond acceptors (Lipinski definition) is 2. The third kappa shape index (κ3) is 4.76. The van der Waals surface area contributed by atoms with E-state index in [0.29, 0.717) is 0 Å². The number of aliphatic hydroxyl groups is 1. The monoisotopic (exact) mass is 194 g/mol. The lowest BCUT2D eigenvalue weighted by molar-refractivity contribution is 0.244. The molecule has 0 aromatic heterocycles. The average molecular weight is 194 g/mol. The summed E-state index contributed by atoms with van der Waals surface area (Å²) in [6, 6.07) is 10.3. The van der Waals surface area contributed by atoms with Gasteiger partial charge in [0.15, 0.2) is 0 Å². The first-order chi connectivity index (χ1) is 6.29. The van der Waals surface area contributed by atoms with E-state index in [4.69, 9.17) is 5.11 Å². The van der Waals surface area contributed by atoms with E-state index in [0.717, 1.165) is 5.75 Å². The summed E-state index contributed by atoms with van der Waals surface area (Å²) in [6.45, 7) is 1.75. The highest BCUT2D eigenvalue weighted by Crippen LogP contribution is 2.12. The second kappa shape index (κ2) is 5.84. The van der Waals surface area contributed by atoms with Crippen molar-refractivity contribution in [3.8, 4) is 0 Å². The highest BCUT2D eigenvalue weighted by molar-refractivity contribution is 8.01. The van der Waals surface area contributed by atoms with Gasteiger partial charge in [0.1, 0.15) is 0 Å². The van der Waals surface area contributed by atoms with Crippen LogP contribution in [-0.4, -0.2) is 11.2 Å². The van der Waals surface area contributed by atoms with Gasteiger partial charge in [-0.1, -0.05) is 36.4 Å². The molecule has 1 aromatic carbocycles. The maximum atomic E-state index is 8.95. The first kappa shape index (κ1) is 10.4. The minimum absolute atomic E-state index is 0.344. The molecule has 1 N–H and O–H groups in total. The second-order valence-corrected chi connectivity index (χ2v) is 3.76. The normalized spacial score (nSPS) is 13.4. The Bertz CT molecular complexity index is 254. The van der Waals surface area contributed by atoms with Gasteiger partial charge in [0.2, 0.25) is 0 Å². The molecule has 1 nitrogen and oxygen atoms in total. The van der Waals surface area contributed by atoms with Crippen molar-refractivity contribution in [2.45, 2.75) is 18.8 Å². The molecule has 70 valence electrons. The van der Waals surface area contributed by atoms with Crippen molar-refractivity contribution in [1.29, 1.82) is 0 Å². The summed E-state index contributed by atoms with van der Waals surface area (Å²) >= 11 is 1.69. The van der Waals surface area contributed by atoms with Gasteiger partial charge in [-0.25, -0.2) is 0 Å². The van der Waals surface area contributed by atoms with Gasteiger partial charge in [0.05, 0.1) is 6.10 Å². The molecule has 1 aromatic rings. The summed E-state index contributed by atoms with van der Waals surface area (Å²) in [5.41, 5.74) is 1.31. The summed E-state index contributed by atoms with van der Waals surface area (Å²) < 4.78 is 0. The van der Waals surface area contributed by atoms with Gasteiger partial charge in [-0.05, 0) is 17.9 Å². The molecule has 0 radical (unpaired) electrons. The lowest BCUT2D eigenvalue weighted by Gasteiger charge is -1.97. The Balaban J connectivity index is 2.28. The maximum absolute atomic E-state index is 8.95. The molecule has 0 saturated carbocycles. The summed E-state index contributed by atoms with van der Waals surface area (Å²) in [6.07, 6.45) is 1.44. The van der Waals surface area contributed by atoms with Crippen LogP contribution in [0.4, 0.5) is 0 Å². The van der Waals surface area contributed by atoms with Gasteiger partial charge in [0, 0.05) is 5.75 Å². The number of benzene rings is 1. The Morgan fingerprint density at radius 2 is 2.08 bits per heavy atom. The van der Waals surface area contributed by atoms with Crippen molar-refractivity contribution in [2.24, 2.45) is 0 Å². The molecule has 0 fully saturated rings. The average Bonchev–Trinajstić information content (AvgIpc) is 2.14. The van der Waals surface area contributed by atoms with Crippen molar-refractivity contribution in [2.75, 3.05) is 0 Å². The molecule has 1 atom stereocenters. The fraction of sp³-hybridized carbons (Fsp3) is 0.273. The van der Waals surface area contributed by atoms with E-state index in [1.54, 1.807) is 24.8 Å². The Morgan fingerprint density at radius 3 is 2.69 bits per heavy atom. The largest absolute Gasteiger partial charge is 0.389 e. The predicted octanol–water partition coefficient (Wildman–Crippen LogP) is 2.81. The van der Waals surface area contributed by atoms with Gasteiger partial charge < -0.3 is 5.11 Å². The minimum atomic E-state index is -0.344. The van der Waals surface area contributed by atoms with Gasteiger partial charge >= 0.3 is 0 Å². The molecular formula is C11H14OS. The van der Waals surface area contributed by atoms with Gasteiger partial charge in [-0.15, -0.1) is 11.8 Å². The molecule has 0 unspecified atom stereocenters. The second-order valence-electron chi connectivity index (χ2n) is 2.87. The Morgan fingerprint density at radius 1 is 1.38 bits per heavy atom. The zero-order valence-corrected chi connectivity index (χ0v) is 8.50. The predicted molar refractivity (Wildman–Crippen MR) is 58.6 cm³/mol. The summed E-state index contributed by atoms with van der Waals surface area (Å²) in [7, 11) is 0. The molecule has 0 amide bonds. The molecule has 0 aliphatic heterocycles. The number of hydrogen-bond donors (Lipinski definition) is 1. The van der Waals surface area contributed by atoms with Crippen LogP contribution in [0.2, 0.25) is 0 Å². The zero-order chi connectivity index (χ0) is 9.52. The quantitative estimate of drug-likeness (QED) is 0.795. The first-order valence-corrected chi connectivity index (χ1v) is 5.34. The van der Waals surface area contributed by atoms with E-state index in [9.17, 15) is 0 Å². The topological polar surface area (TPSA) is 20.2 Å². The molecule has 1 rings (SSSR count). The zero-order valence-electron chi connectivity index (χ0n) is 7.68. The van der Waals surface area contributed by atoms with E-state index in [2.05, 4.69) is 12.1 Å². The molecule has 0 spiro atoms. The van der Waals surface area contributed by atoms with Crippen LogP contribution in [0, 0.1) is 0 Å². The molecule has 0 saturated heterocycles. The standard InChI is InChI=1S/C11H14OS/c1-10(12)7-8-13-9-11-5-3-2-4-6-11/h2-8,10,12H,9H2,1H3/t10-/m1/s1. The molecule has 0 bridgehead atoms. The number of aliphatic hydroxyl groups excluding tert-OH is 1. The minimum Gasteiger partial charge on any atom is -0.389 e. The molecule has 0 aliphatic carbocycles. The fourth-order valence-electron chi connectivity index (χ4n) is 0.888. The van der Waals surface area contributed by atoms with E-state index in [1.807, 2.05) is 23.6 Å². The molecule has 13 heavy (non-hydrogen) atoms. The van der Waals surface area contributed by atoms with Crippen molar-refractivity contribution in [3.05, 3.63) is 47.4 Å². The summed E-state index contributed by atoms with van der Waals surface area (Å²) in [4.78, 5) is 0. The smallest absolute Gasteiger partial charge is 0.0700 e. The summed E-state index contributed by atoms with van der Waals surface area (Å²) in [5.74, 6) is 0.962. The molecular weight excluding hydrogens is 180 g/mol. The molecule has 0 heterocycles. The van der Waals surface area contributed by atoms with Crippen molar-refractivity contribution in [3.63, 3.8) is 0 Å². The molecule has 0 aliphatic rings. The van der Waals surface area contributed by atoms with Gasteiger partial charge in [0.25, 0.3) is 0 Å². The Labute approximate surface area is 83.5 Å². The lowest BCUT2D eigenvalue weighted by Crippen LogP contribution is -1.90. The van der Waals surface area contributed by atoms with Crippen molar-refractivity contribution in [1.82, 2.24) is 0 Å². The van der Waals surface area contributed by atoms with Crippen LogP contribution in [0.3, 0.4) is 0 Å². The Kier molecular flexibility index (Phi) is 4.65. The van der Waals surface area contributed by atoms with Crippen LogP contribution < -0.4 is 0 Å². The lowest BCUT2D eigenvalue weighted by atomic mass is 10.2. The van der Waals surface area contributed by atoms with Crippen molar-refractivity contribution < 1.29 is 5.11 Å². The Hall–Kier alpha value is -0.730. The molecule has 2 heteroatoms. The van der Waals surface area contributed by atoms with Crippen LogP contribution in [0.5, 0.6) is 0 Å². The third-order valence-corrected chi connectivity index (χ3v) is 2.40. The van der Waals surface area contributed by atoms with Crippen LogP contribution >= 0.6 is 11.8 Å². The van der Waals surface area contributed by atoms with Crippen LogP contribution in [-0.2, 0) is 5.75 Å². The van der Waals surface area contributed by atoms with Crippen LogP contribution in [0.15, 0.2) is 41.8 Å². The van der Waals surface area contributed by atoms with E-state index >= 15 is 0 Å². The van der Waals surface area contributed by atoms with Crippen LogP contribution in [0.25, 0.3) is 0 Å². The fourth-order valence-corrected chi connectivity index (χ4v) is 1.71. The third-order valence-electron chi connectivity index (χ3n) is 1.55. The first-order valence-electron chi connectivity index (χ1n) is 4.29. The van der Waals surface area contributed by atoms with E-state index < -0.39 is 0 Å². The highest BCUT2D eigenvalue weighted by atomic mass is 32.2. The van der Waals surface area contributed by atoms with Gasteiger partial charge in [-0.3, -0.25) is 0 Å².